The highest BCUT2D eigenvalue weighted by Gasteiger charge is 2.52. The number of thiophene rings is 1. The maximum absolute atomic E-state index is 14.9. The number of aromatic nitrogens is 1. The number of hydrogen-bond donors (Lipinski definition) is 4. The first kappa shape index (κ1) is 28.8. The molecule has 2 fully saturated rings. The van der Waals surface area contributed by atoms with Crippen LogP contribution < -0.4 is 16.8 Å². The Kier molecular flexibility index (Phi) is 9.19. The van der Waals surface area contributed by atoms with Crippen LogP contribution in [0.3, 0.4) is 0 Å². The molecule has 40 heavy (non-hydrogen) atoms. The molecule has 0 saturated carbocycles. The van der Waals surface area contributed by atoms with E-state index in [9.17, 15) is 14.0 Å². The maximum atomic E-state index is 14.9. The van der Waals surface area contributed by atoms with Gasteiger partial charge in [-0.2, -0.15) is 0 Å². The average molecular weight is 569 g/mol. The first-order valence-corrected chi connectivity index (χ1v) is 13.3. The molecule has 1 atom stereocenters. The highest BCUT2D eigenvalue weighted by atomic mass is 32.1. The number of primary amides is 1. The van der Waals surface area contributed by atoms with Gasteiger partial charge in [-0.15, -0.1) is 11.3 Å². The van der Waals surface area contributed by atoms with Gasteiger partial charge in [0.25, 0.3) is 0 Å². The fourth-order valence-corrected chi connectivity index (χ4v) is 5.40. The van der Waals surface area contributed by atoms with E-state index in [1.807, 2.05) is 30.3 Å². The van der Waals surface area contributed by atoms with E-state index in [0.717, 1.165) is 10.4 Å². The van der Waals surface area contributed by atoms with Crippen LogP contribution in [0.2, 0.25) is 0 Å². The maximum Gasteiger partial charge on any atom is 0.243 e. The summed E-state index contributed by atoms with van der Waals surface area (Å²) in [7, 11) is 0. The zero-order chi connectivity index (χ0) is 28.7. The van der Waals surface area contributed by atoms with Gasteiger partial charge in [-0.3, -0.25) is 24.8 Å². The molecule has 3 amide bonds. The van der Waals surface area contributed by atoms with Gasteiger partial charge in [0.15, 0.2) is 5.79 Å². The predicted molar refractivity (Wildman–Crippen MR) is 146 cm³/mol. The molecule has 210 valence electrons. The Morgan fingerprint density at radius 3 is 2.55 bits per heavy atom. The van der Waals surface area contributed by atoms with Crippen LogP contribution in [0.5, 0.6) is 0 Å². The largest absolute Gasteiger partial charge is 0.384 e. The number of amidine groups is 1. The van der Waals surface area contributed by atoms with Gasteiger partial charge >= 0.3 is 0 Å². The number of nitrogens with one attached hydrogen (secondary N) is 2. The quantitative estimate of drug-likeness (QED) is 0.190. The van der Waals surface area contributed by atoms with Crippen molar-refractivity contribution >= 4 is 35.4 Å². The topological polar surface area (TPSA) is 174 Å². The van der Waals surface area contributed by atoms with Gasteiger partial charge in [0, 0.05) is 34.0 Å². The zero-order valence-corrected chi connectivity index (χ0v) is 22.3. The van der Waals surface area contributed by atoms with E-state index in [1.165, 1.54) is 28.5 Å². The molecule has 0 aliphatic carbocycles. The summed E-state index contributed by atoms with van der Waals surface area (Å²) in [4.78, 5) is 41.5. The lowest BCUT2D eigenvalue weighted by Crippen LogP contribution is -2.46. The Morgan fingerprint density at radius 2 is 1.93 bits per heavy atom. The molecule has 11 nitrogen and oxygen atoms in total. The monoisotopic (exact) mass is 568 g/mol. The lowest BCUT2D eigenvalue weighted by atomic mass is 10.1. The fourth-order valence-electron chi connectivity index (χ4n) is 4.58. The minimum Gasteiger partial charge on any atom is -0.384 e. The number of nitrogens with zero attached hydrogens (tertiary/aromatic N) is 2. The number of benzene rings is 1. The molecule has 1 unspecified atom stereocenters. The number of nitrogens with two attached hydrogens (primary N) is 2. The van der Waals surface area contributed by atoms with Gasteiger partial charge in [0.1, 0.15) is 17.7 Å². The molecule has 3 aromatic rings. The second-order valence-electron chi connectivity index (χ2n) is 9.11. The molecule has 13 heteroatoms. The van der Waals surface area contributed by atoms with Crippen molar-refractivity contribution in [3.05, 3.63) is 76.0 Å². The second kappa shape index (κ2) is 12.8. The van der Waals surface area contributed by atoms with E-state index in [2.05, 4.69) is 16.0 Å². The summed E-state index contributed by atoms with van der Waals surface area (Å²) in [6.07, 6.45) is 1.67. The lowest BCUT2D eigenvalue weighted by Gasteiger charge is -2.24. The molecule has 2 saturated heterocycles. The van der Waals surface area contributed by atoms with E-state index in [-0.39, 0.29) is 49.8 Å². The van der Waals surface area contributed by atoms with Crippen LogP contribution in [-0.4, -0.2) is 65.5 Å². The first-order chi connectivity index (χ1) is 19.2. The van der Waals surface area contributed by atoms with Crippen LogP contribution in [0.1, 0.15) is 22.6 Å². The van der Waals surface area contributed by atoms with E-state index >= 15 is 0 Å². The molecular formula is C27H29FN6O5S. The number of rotatable bonds is 7. The average Bonchev–Trinajstić information content (AvgIpc) is 3.70. The standard InChI is InChI=1S/C26H26FN5O4S.CH3NO/c27-20-9-17(16-4-2-1-3-5-16)12-30-21(20)10-23(33)32-15-26(35-6-7-36-26)11-22(32)25(34)31-13-19-8-18(14-37-19)24(28)29;2-1-3/h1-5,8-9,12,14,22H,6-7,10-11,13,15H2,(H3,28,29)(H,31,34);1H,(H2,2,3). The predicted octanol–water partition coefficient (Wildman–Crippen LogP) is 1.54. The van der Waals surface area contributed by atoms with Crippen molar-refractivity contribution in [3.63, 3.8) is 0 Å². The smallest absolute Gasteiger partial charge is 0.243 e. The van der Waals surface area contributed by atoms with Crippen LogP contribution >= 0.6 is 11.3 Å². The third-order valence-corrected chi connectivity index (χ3v) is 7.41. The van der Waals surface area contributed by atoms with Gasteiger partial charge in [0.2, 0.25) is 18.2 Å². The van der Waals surface area contributed by atoms with E-state index in [1.54, 1.807) is 11.4 Å². The molecule has 0 bridgehead atoms. The van der Waals surface area contributed by atoms with Crippen molar-refractivity contribution in [1.82, 2.24) is 15.2 Å². The molecule has 0 radical (unpaired) electrons. The Morgan fingerprint density at radius 1 is 1.23 bits per heavy atom. The summed E-state index contributed by atoms with van der Waals surface area (Å²) >= 11 is 1.38. The van der Waals surface area contributed by atoms with Crippen molar-refractivity contribution in [2.75, 3.05) is 19.8 Å². The highest BCUT2D eigenvalue weighted by Crippen LogP contribution is 2.35. The lowest BCUT2D eigenvalue weighted by molar-refractivity contribution is -0.152. The first-order valence-electron chi connectivity index (χ1n) is 12.4. The van der Waals surface area contributed by atoms with E-state index in [0.29, 0.717) is 24.3 Å². The minimum absolute atomic E-state index is 0.00777. The summed E-state index contributed by atoms with van der Waals surface area (Å²) in [5.74, 6) is -2.49. The summed E-state index contributed by atoms with van der Waals surface area (Å²) in [5.41, 5.74) is 11.7. The minimum atomic E-state index is -1.05. The normalized spacial score (nSPS) is 17.2. The molecule has 1 aromatic carbocycles. The molecule has 6 N–H and O–H groups in total. The molecule has 1 spiro atoms. The highest BCUT2D eigenvalue weighted by molar-refractivity contribution is 7.10. The number of carbonyl (C=O) groups excluding carboxylic acids is 3. The van der Waals surface area contributed by atoms with Crippen LogP contribution in [0.4, 0.5) is 4.39 Å². The Hall–Kier alpha value is -4.20. The van der Waals surface area contributed by atoms with Gasteiger partial charge in [0.05, 0.1) is 38.4 Å². The van der Waals surface area contributed by atoms with Gasteiger partial charge < -0.3 is 31.2 Å². The molecule has 5 rings (SSSR count). The number of halogens is 1. The Labute approximate surface area is 233 Å². The number of ether oxygens (including phenoxy) is 2. The molecule has 2 aliphatic heterocycles. The molecule has 4 heterocycles. The van der Waals surface area contributed by atoms with Crippen LogP contribution in [0.15, 0.2) is 54.0 Å². The van der Waals surface area contributed by atoms with Crippen molar-refractivity contribution in [2.24, 2.45) is 11.5 Å². The SMILES string of the molecule is N=C(N)c1csc(CNC(=O)C2CC3(CN2C(=O)Cc2ncc(-c4ccccc4)cc2F)OCCO3)c1.NC=O. The van der Waals surface area contributed by atoms with Crippen molar-refractivity contribution in [2.45, 2.75) is 31.2 Å². The van der Waals surface area contributed by atoms with Crippen molar-refractivity contribution in [3.8, 4) is 11.1 Å². The Balaban J connectivity index is 0.00000118. The number of pyridine rings is 1. The van der Waals surface area contributed by atoms with E-state index < -0.39 is 23.6 Å². The number of hydrogen-bond acceptors (Lipinski definition) is 8. The van der Waals surface area contributed by atoms with E-state index in [4.69, 9.17) is 25.4 Å². The third kappa shape index (κ3) is 6.68. The number of amides is 3. The zero-order valence-electron chi connectivity index (χ0n) is 21.5. The number of nitrogen functional groups attached to an aromatic ring is 1. The number of carbonyl (C=O) groups is 3. The van der Waals surface area contributed by atoms with Gasteiger partial charge in [-0.1, -0.05) is 30.3 Å². The molecule has 2 aliphatic rings. The summed E-state index contributed by atoms with van der Waals surface area (Å²) in [6.45, 7) is 1.04. The van der Waals surface area contributed by atoms with Crippen molar-refractivity contribution in [1.29, 1.82) is 5.41 Å². The second-order valence-corrected chi connectivity index (χ2v) is 10.1. The number of likely N-dealkylation sites (tertiary alicyclic amines) is 1. The van der Waals surface area contributed by atoms with Crippen molar-refractivity contribution < 1.29 is 28.2 Å². The van der Waals surface area contributed by atoms with Crippen LogP contribution in [-0.2, 0) is 36.8 Å². The summed E-state index contributed by atoms with van der Waals surface area (Å²) in [6, 6.07) is 11.5. The third-order valence-electron chi connectivity index (χ3n) is 6.47. The Bertz CT molecular complexity index is 1380. The van der Waals surface area contributed by atoms with Crippen LogP contribution in [0.25, 0.3) is 11.1 Å². The summed E-state index contributed by atoms with van der Waals surface area (Å²) in [5, 5.41) is 12.1. The van der Waals surface area contributed by atoms with Gasteiger partial charge in [-0.25, -0.2) is 4.39 Å². The van der Waals surface area contributed by atoms with Crippen LogP contribution in [0, 0.1) is 11.2 Å². The molecule has 2 aromatic heterocycles. The molecular weight excluding hydrogens is 539 g/mol. The fraction of sp³-hybridized carbons (Fsp3) is 0.296. The summed E-state index contributed by atoms with van der Waals surface area (Å²) < 4.78 is 26.5. The van der Waals surface area contributed by atoms with Gasteiger partial charge in [-0.05, 0) is 17.7 Å².